The number of aliphatic hydroxyl groups excluding tert-OH is 1. The van der Waals surface area contributed by atoms with Crippen molar-refractivity contribution in [2.45, 2.75) is 25.1 Å². The van der Waals surface area contributed by atoms with Gasteiger partial charge in [0.2, 0.25) is 0 Å². The maximum absolute atomic E-state index is 9.17. The quantitative estimate of drug-likeness (QED) is 0.730. The highest BCUT2D eigenvalue weighted by atomic mass is 32.2. The van der Waals surface area contributed by atoms with E-state index in [1.165, 1.54) is 5.56 Å². The molecule has 2 nitrogen and oxygen atoms in total. The second kappa shape index (κ2) is 8.62. The van der Waals surface area contributed by atoms with Crippen LogP contribution in [-0.4, -0.2) is 30.1 Å². The van der Waals surface area contributed by atoms with Crippen molar-refractivity contribution < 1.29 is 5.11 Å². The summed E-state index contributed by atoms with van der Waals surface area (Å²) >= 11 is 1.87. The predicted octanol–water partition coefficient (Wildman–Crippen LogP) is 2.28. The Morgan fingerprint density at radius 2 is 2.06 bits per heavy atom. The molecule has 1 rings (SSSR count). The Bertz CT molecular complexity index is 266. The van der Waals surface area contributed by atoms with Crippen LogP contribution >= 0.6 is 11.8 Å². The summed E-state index contributed by atoms with van der Waals surface area (Å²) in [4.78, 5) is 0. The van der Waals surface area contributed by atoms with Gasteiger partial charge in [0.1, 0.15) is 0 Å². The molecule has 16 heavy (non-hydrogen) atoms. The molecule has 0 aliphatic carbocycles. The van der Waals surface area contributed by atoms with Crippen LogP contribution in [0.3, 0.4) is 0 Å². The van der Waals surface area contributed by atoms with Gasteiger partial charge in [0.15, 0.2) is 0 Å². The average Bonchev–Trinajstić information content (AvgIpc) is 2.35. The highest BCUT2D eigenvalue weighted by Crippen LogP contribution is 2.12. The molecule has 0 aromatic heterocycles. The Morgan fingerprint density at radius 3 is 2.69 bits per heavy atom. The van der Waals surface area contributed by atoms with Gasteiger partial charge in [0, 0.05) is 17.5 Å². The molecular formula is C13H21NOS. The van der Waals surface area contributed by atoms with Crippen LogP contribution < -0.4 is 5.32 Å². The minimum atomic E-state index is 0.224. The number of nitrogens with one attached hydrogen (secondary N) is 1. The molecule has 90 valence electrons. The monoisotopic (exact) mass is 239 g/mol. The SMILES string of the molecule is CCCNC(CO)CSCc1ccccc1. The lowest BCUT2D eigenvalue weighted by Crippen LogP contribution is -2.35. The topological polar surface area (TPSA) is 32.3 Å². The third-order valence-electron chi connectivity index (χ3n) is 2.33. The Morgan fingerprint density at radius 1 is 1.31 bits per heavy atom. The molecule has 0 amide bonds. The van der Waals surface area contributed by atoms with Crippen LogP contribution in [0.15, 0.2) is 30.3 Å². The molecule has 0 aliphatic heterocycles. The molecule has 1 aromatic carbocycles. The van der Waals surface area contributed by atoms with E-state index in [1.807, 2.05) is 17.8 Å². The average molecular weight is 239 g/mol. The molecule has 0 heterocycles. The summed E-state index contributed by atoms with van der Waals surface area (Å²) in [7, 11) is 0. The molecule has 0 fully saturated rings. The van der Waals surface area contributed by atoms with Crippen molar-refractivity contribution in [2.24, 2.45) is 0 Å². The maximum Gasteiger partial charge on any atom is 0.0592 e. The normalized spacial score (nSPS) is 12.6. The van der Waals surface area contributed by atoms with Crippen LogP contribution in [0.2, 0.25) is 0 Å². The fourth-order valence-corrected chi connectivity index (χ4v) is 2.47. The van der Waals surface area contributed by atoms with Crippen molar-refractivity contribution in [2.75, 3.05) is 18.9 Å². The van der Waals surface area contributed by atoms with E-state index in [0.717, 1.165) is 24.5 Å². The summed E-state index contributed by atoms with van der Waals surface area (Å²) in [5.74, 6) is 1.98. The van der Waals surface area contributed by atoms with E-state index in [4.69, 9.17) is 0 Å². The zero-order chi connectivity index (χ0) is 11.6. The lowest BCUT2D eigenvalue weighted by atomic mass is 10.2. The molecule has 0 bridgehead atoms. The summed E-state index contributed by atoms with van der Waals surface area (Å²) in [5.41, 5.74) is 1.35. The van der Waals surface area contributed by atoms with Gasteiger partial charge in [-0.25, -0.2) is 0 Å². The van der Waals surface area contributed by atoms with Gasteiger partial charge in [0.25, 0.3) is 0 Å². The number of rotatable bonds is 8. The molecule has 3 heteroatoms. The van der Waals surface area contributed by atoms with Gasteiger partial charge >= 0.3 is 0 Å². The van der Waals surface area contributed by atoms with E-state index in [1.54, 1.807) is 0 Å². The van der Waals surface area contributed by atoms with E-state index in [2.05, 4.69) is 36.5 Å². The van der Waals surface area contributed by atoms with Crippen molar-refractivity contribution >= 4 is 11.8 Å². The molecule has 0 saturated heterocycles. The zero-order valence-corrected chi connectivity index (χ0v) is 10.7. The lowest BCUT2D eigenvalue weighted by Gasteiger charge is -2.15. The Balaban J connectivity index is 2.18. The van der Waals surface area contributed by atoms with Gasteiger partial charge in [-0.2, -0.15) is 11.8 Å². The number of aliphatic hydroxyl groups is 1. The van der Waals surface area contributed by atoms with E-state index in [-0.39, 0.29) is 12.6 Å². The molecule has 1 unspecified atom stereocenters. The standard InChI is InChI=1S/C13H21NOS/c1-2-8-14-13(9-15)11-16-10-12-6-4-3-5-7-12/h3-7,13-15H,2,8-11H2,1H3. The number of hydrogen-bond donors (Lipinski definition) is 2. The molecular weight excluding hydrogens is 218 g/mol. The van der Waals surface area contributed by atoms with Crippen molar-refractivity contribution in [3.63, 3.8) is 0 Å². The maximum atomic E-state index is 9.17. The van der Waals surface area contributed by atoms with Gasteiger partial charge in [0.05, 0.1) is 6.61 Å². The van der Waals surface area contributed by atoms with E-state index in [0.29, 0.717) is 0 Å². The molecule has 1 atom stereocenters. The third-order valence-corrected chi connectivity index (χ3v) is 3.51. The number of thioether (sulfide) groups is 1. The second-order valence-electron chi connectivity index (χ2n) is 3.83. The fourth-order valence-electron chi connectivity index (χ4n) is 1.42. The molecule has 1 aromatic rings. The first-order valence-electron chi connectivity index (χ1n) is 5.82. The van der Waals surface area contributed by atoms with Gasteiger partial charge < -0.3 is 10.4 Å². The van der Waals surface area contributed by atoms with Crippen molar-refractivity contribution in [1.82, 2.24) is 5.32 Å². The highest BCUT2D eigenvalue weighted by Gasteiger charge is 2.05. The molecule has 2 N–H and O–H groups in total. The van der Waals surface area contributed by atoms with E-state index < -0.39 is 0 Å². The Kier molecular flexibility index (Phi) is 7.30. The van der Waals surface area contributed by atoms with Crippen LogP contribution in [0.5, 0.6) is 0 Å². The Hall–Kier alpha value is -0.510. The first kappa shape index (κ1) is 13.6. The van der Waals surface area contributed by atoms with Crippen LogP contribution in [0.1, 0.15) is 18.9 Å². The van der Waals surface area contributed by atoms with Gasteiger partial charge in [-0.05, 0) is 18.5 Å². The molecule has 0 radical (unpaired) electrons. The van der Waals surface area contributed by atoms with Gasteiger partial charge in [-0.1, -0.05) is 37.3 Å². The third kappa shape index (κ3) is 5.54. The largest absolute Gasteiger partial charge is 0.395 e. The summed E-state index contributed by atoms with van der Waals surface area (Å²) in [5, 5.41) is 12.5. The predicted molar refractivity (Wildman–Crippen MR) is 71.8 cm³/mol. The smallest absolute Gasteiger partial charge is 0.0592 e. The van der Waals surface area contributed by atoms with Crippen molar-refractivity contribution in [3.8, 4) is 0 Å². The summed E-state index contributed by atoms with van der Waals surface area (Å²) < 4.78 is 0. The summed E-state index contributed by atoms with van der Waals surface area (Å²) in [6.45, 7) is 3.34. The minimum Gasteiger partial charge on any atom is -0.395 e. The summed E-state index contributed by atoms with van der Waals surface area (Å²) in [6.07, 6.45) is 1.11. The fraction of sp³-hybridized carbons (Fsp3) is 0.538. The molecule has 0 aliphatic rings. The molecule has 0 saturated carbocycles. The first-order chi connectivity index (χ1) is 7.86. The first-order valence-corrected chi connectivity index (χ1v) is 6.98. The Labute approximate surface area is 102 Å². The zero-order valence-electron chi connectivity index (χ0n) is 9.86. The highest BCUT2D eigenvalue weighted by molar-refractivity contribution is 7.98. The van der Waals surface area contributed by atoms with E-state index >= 15 is 0 Å². The van der Waals surface area contributed by atoms with E-state index in [9.17, 15) is 5.11 Å². The molecule has 0 spiro atoms. The van der Waals surface area contributed by atoms with Crippen LogP contribution in [-0.2, 0) is 5.75 Å². The van der Waals surface area contributed by atoms with Crippen molar-refractivity contribution in [3.05, 3.63) is 35.9 Å². The lowest BCUT2D eigenvalue weighted by molar-refractivity contribution is 0.254. The number of benzene rings is 1. The summed E-state index contributed by atoms with van der Waals surface area (Å²) in [6, 6.07) is 10.7. The van der Waals surface area contributed by atoms with Crippen molar-refractivity contribution in [1.29, 1.82) is 0 Å². The minimum absolute atomic E-state index is 0.224. The van der Waals surface area contributed by atoms with Gasteiger partial charge in [-0.15, -0.1) is 0 Å². The second-order valence-corrected chi connectivity index (χ2v) is 4.86. The number of hydrogen-bond acceptors (Lipinski definition) is 3. The van der Waals surface area contributed by atoms with Crippen LogP contribution in [0.25, 0.3) is 0 Å². The van der Waals surface area contributed by atoms with Crippen LogP contribution in [0.4, 0.5) is 0 Å². The van der Waals surface area contributed by atoms with Crippen LogP contribution in [0, 0.1) is 0 Å². The van der Waals surface area contributed by atoms with Gasteiger partial charge in [-0.3, -0.25) is 0 Å².